The zero-order valence-corrected chi connectivity index (χ0v) is 21.6. The highest BCUT2D eigenvalue weighted by Crippen LogP contribution is 2.37. The van der Waals surface area contributed by atoms with E-state index in [0.717, 1.165) is 18.2 Å². The minimum absolute atomic E-state index is 0.0965. The highest BCUT2D eigenvalue weighted by atomic mass is 19.4. The fourth-order valence-electron chi connectivity index (χ4n) is 5.34. The number of alkyl halides is 3. The molecule has 0 N–H and O–H groups in total. The van der Waals surface area contributed by atoms with Crippen LogP contribution >= 0.6 is 0 Å². The Morgan fingerprint density at radius 1 is 1.18 bits per heavy atom. The fraction of sp³-hybridized carbons (Fsp3) is 0.444. The quantitative estimate of drug-likeness (QED) is 0.403. The number of pyridine rings is 2. The third kappa shape index (κ3) is 5.31. The summed E-state index contributed by atoms with van der Waals surface area (Å²) in [6.07, 6.45) is -3.72. The minimum Gasteiger partial charge on any atom is -0.406 e. The molecular weight excluding hydrogens is 502 g/mol. The second kappa shape index (κ2) is 10.6. The summed E-state index contributed by atoms with van der Waals surface area (Å²) < 4.78 is 58.9. The number of benzene rings is 1. The van der Waals surface area contributed by atoms with Crippen LogP contribution in [0.3, 0.4) is 0 Å². The van der Waals surface area contributed by atoms with Crippen molar-refractivity contribution < 1.29 is 22.3 Å². The van der Waals surface area contributed by atoms with E-state index in [-0.39, 0.29) is 28.9 Å². The van der Waals surface area contributed by atoms with Crippen molar-refractivity contribution in [2.75, 3.05) is 18.0 Å². The normalized spacial score (nSPS) is 19.4. The topological polar surface area (TPSA) is 74.4 Å². The first-order valence-electron chi connectivity index (χ1n) is 12.5. The summed E-state index contributed by atoms with van der Waals surface area (Å²) in [4.78, 5) is 21.5. The maximum Gasteiger partial charge on any atom is 0.573 e. The summed E-state index contributed by atoms with van der Waals surface area (Å²) in [5.41, 5.74) is 1.94. The first-order chi connectivity index (χ1) is 18.0. The van der Waals surface area contributed by atoms with Gasteiger partial charge in [-0.1, -0.05) is 13.8 Å². The van der Waals surface area contributed by atoms with Gasteiger partial charge in [-0.3, -0.25) is 9.69 Å². The lowest BCUT2D eigenvalue weighted by Gasteiger charge is -2.49. The predicted octanol–water partition coefficient (Wildman–Crippen LogP) is 5.28. The van der Waals surface area contributed by atoms with Crippen LogP contribution in [0.25, 0.3) is 11.0 Å². The van der Waals surface area contributed by atoms with E-state index in [9.17, 15) is 27.6 Å². The Morgan fingerprint density at radius 3 is 2.55 bits per heavy atom. The fourth-order valence-corrected chi connectivity index (χ4v) is 5.34. The average molecular weight is 532 g/mol. The number of rotatable bonds is 6. The van der Waals surface area contributed by atoms with Gasteiger partial charge in [0.05, 0.1) is 11.2 Å². The van der Waals surface area contributed by atoms with Gasteiger partial charge in [-0.15, -0.1) is 13.2 Å². The molecule has 0 spiro atoms. The van der Waals surface area contributed by atoms with Gasteiger partial charge in [0.2, 0.25) is 0 Å². The molecule has 11 heteroatoms. The second-order valence-electron chi connectivity index (χ2n) is 9.52. The van der Waals surface area contributed by atoms with Gasteiger partial charge in [-0.2, -0.15) is 5.26 Å². The van der Waals surface area contributed by atoms with E-state index in [4.69, 9.17) is 0 Å². The molecule has 2 aromatic heterocycles. The Morgan fingerprint density at radius 2 is 1.92 bits per heavy atom. The highest BCUT2D eigenvalue weighted by Gasteiger charge is 2.37. The van der Waals surface area contributed by atoms with E-state index >= 15 is 0 Å². The van der Waals surface area contributed by atoms with Gasteiger partial charge in [-0.25, -0.2) is 9.37 Å². The van der Waals surface area contributed by atoms with Crippen molar-refractivity contribution >= 4 is 16.7 Å². The molecule has 3 aromatic rings. The number of halogens is 4. The number of hydrogen-bond acceptors (Lipinski definition) is 6. The van der Waals surface area contributed by atoms with Crippen LogP contribution in [0, 0.1) is 17.1 Å². The van der Waals surface area contributed by atoms with Crippen LogP contribution < -0.4 is 15.2 Å². The van der Waals surface area contributed by atoms with Gasteiger partial charge < -0.3 is 14.2 Å². The second-order valence-corrected chi connectivity index (χ2v) is 9.52. The molecule has 0 aliphatic carbocycles. The van der Waals surface area contributed by atoms with E-state index in [1.165, 1.54) is 10.6 Å². The molecule has 1 saturated heterocycles. The van der Waals surface area contributed by atoms with Gasteiger partial charge >= 0.3 is 6.36 Å². The molecule has 1 fully saturated rings. The molecule has 1 aromatic carbocycles. The predicted molar refractivity (Wildman–Crippen MR) is 135 cm³/mol. The summed E-state index contributed by atoms with van der Waals surface area (Å²) in [5, 5.41) is 9.39. The standard InChI is InChI=1S/C27H29F4N5O2/c1-5-18-15-35(22(6-2)20-11-19(8-9-21(20)28)38-27(29,30)31)16(3)14-36(18)24-12-25(37)34(4)23-10-7-17(13-32)33-26(23)24/h7-12,16,18,22H,5-6,14-15H2,1-4H3/t16-,18+,22?/m1/s1. The van der Waals surface area contributed by atoms with Crippen molar-refractivity contribution in [3.63, 3.8) is 0 Å². The molecule has 7 nitrogen and oxygen atoms in total. The molecule has 202 valence electrons. The summed E-state index contributed by atoms with van der Waals surface area (Å²) in [7, 11) is 1.65. The SMILES string of the molecule is CCC(c1cc(OC(F)(F)F)ccc1F)N1C[C@H](CC)N(c2cc(=O)n(C)c3ccc(C#N)nc23)C[C@H]1C. The van der Waals surface area contributed by atoms with Crippen LogP contribution in [0.2, 0.25) is 0 Å². The number of nitrogens with zero attached hydrogens (tertiary/aromatic N) is 5. The lowest BCUT2D eigenvalue weighted by atomic mass is 9.95. The third-order valence-corrected chi connectivity index (χ3v) is 7.20. The van der Waals surface area contributed by atoms with E-state index in [2.05, 4.69) is 19.5 Å². The number of anilines is 1. The molecule has 1 unspecified atom stereocenters. The third-order valence-electron chi connectivity index (χ3n) is 7.20. The van der Waals surface area contributed by atoms with Crippen molar-refractivity contribution in [2.24, 2.45) is 7.05 Å². The van der Waals surface area contributed by atoms with Crippen LogP contribution in [0.15, 0.2) is 41.2 Å². The van der Waals surface area contributed by atoms with Crippen molar-refractivity contribution in [2.45, 2.75) is 58.1 Å². The molecule has 0 bridgehead atoms. The molecule has 38 heavy (non-hydrogen) atoms. The molecule has 0 saturated carbocycles. The van der Waals surface area contributed by atoms with Crippen LogP contribution in [0.5, 0.6) is 5.75 Å². The van der Waals surface area contributed by atoms with Gasteiger partial charge in [0.25, 0.3) is 5.56 Å². The Kier molecular flexibility index (Phi) is 7.65. The lowest BCUT2D eigenvalue weighted by Crippen LogP contribution is -2.58. The molecule has 1 aliphatic rings. The maximum absolute atomic E-state index is 14.9. The monoisotopic (exact) mass is 531 g/mol. The maximum atomic E-state index is 14.9. The highest BCUT2D eigenvalue weighted by molar-refractivity contribution is 5.89. The van der Waals surface area contributed by atoms with Gasteiger partial charge in [0.1, 0.15) is 28.8 Å². The first kappa shape index (κ1) is 27.4. The van der Waals surface area contributed by atoms with Crippen LogP contribution in [-0.2, 0) is 7.05 Å². The Hall–Kier alpha value is -3.65. The average Bonchev–Trinajstić information content (AvgIpc) is 2.87. The summed E-state index contributed by atoms with van der Waals surface area (Å²) in [6, 6.07) is 9.22. The number of nitriles is 1. The number of piperazine rings is 1. The van der Waals surface area contributed by atoms with Crippen LogP contribution in [-0.4, -0.2) is 46.0 Å². The summed E-state index contributed by atoms with van der Waals surface area (Å²) >= 11 is 0. The smallest absolute Gasteiger partial charge is 0.406 e. The molecule has 4 rings (SSSR count). The molecule has 0 amide bonds. The first-order valence-corrected chi connectivity index (χ1v) is 12.5. The minimum atomic E-state index is -4.88. The largest absolute Gasteiger partial charge is 0.573 e. The van der Waals surface area contributed by atoms with E-state index in [1.54, 1.807) is 19.2 Å². The van der Waals surface area contributed by atoms with E-state index in [0.29, 0.717) is 42.7 Å². The lowest BCUT2D eigenvalue weighted by molar-refractivity contribution is -0.274. The molecule has 3 atom stereocenters. The zero-order chi connectivity index (χ0) is 27.8. The van der Waals surface area contributed by atoms with Gasteiger partial charge in [0.15, 0.2) is 0 Å². The molecule has 3 heterocycles. The zero-order valence-electron chi connectivity index (χ0n) is 21.6. The van der Waals surface area contributed by atoms with Crippen LogP contribution in [0.4, 0.5) is 23.2 Å². The number of fused-ring (bicyclic) bond motifs is 1. The number of aryl methyl sites for hydroxylation is 1. The summed E-state index contributed by atoms with van der Waals surface area (Å²) in [5.74, 6) is -1.06. The van der Waals surface area contributed by atoms with Gasteiger partial charge in [-0.05, 0) is 50.1 Å². The van der Waals surface area contributed by atoms with Crippen molar-refractivity contribution in [3.8, 4) is 11.8 Å². The van der Waals surface area contributed by atoms with E-state index < -0.39 is 24.0 Å². The Labute approximate surface area is 217 Å². The molecule has 1 aliphatic heterocycles. The Bertz CT molecular complexity index is 1430. The summed E-state index contributed by atoms with van der Waals surface area (Å²) in [6.45, 7) is 6.78. The molecular formula is C27H29F4N5O2. The van der Waals surface area contributed by atoms with E-state index in [1.807, 2.05) is 26.8 Å². The van der Waals surface area contributed by atoms with Crippen molar-refractivity contribution in [1.29, 1.82) is 5.26 Å². The van der Waals surface area contributed by atoms with Crippen molar-refractivity contribution in [3.05, 3.63) is 63.8 Å². The number of aromatic nitrogens is 2. The van der Waals surface area contributed by atoms with Gasteiger partial charge in [0, 0.05) is 49.9 Å². The van der Waals surface area contributed by atoms with Crippen LogP contribution in [0.1, 0.15) is 50.9 Å². The molecule has 0 radical (unpaired) electrons. The Balaban J connectivity index is 1.72. The number of hydrogen-bond donors (Lipinski definition) is 0. The number of ether oxygens (including phenoxy) is 1. The van der Waals surface area contributed by atoms with Crippen molar-refractivity contribution in [1.82, 2.24) is 14.5 Å².